The summed E-state index contributed by atoms with van der Waals surface area (Å²) in [6.45, 7) is 1.87. The maximum atomic E-state index is 13.0. The quantitative estimate of drug-likeness (QED) is 0.112. The van der Waals surface area contributed by atoms with Crippen LogP contribution in [0.1, 0.15) is 25.0 Å². The average Bonchev–Trinajstić information content (AvgIpc) is 2.71. The van der Waals surface area contributed by atoms with Gasteiger partial charge in [0.15, 0.2) is 0 Å². The lowest BCUT2D eigenvalue weighted by Crippen LogP contribution is -2.52. The van der Waals surface area contributed by atoms with Crippen LogP contribution in [0.5, 0.6) is 0 Å². The number of rotatable bonds is 8. The van der Waals surface area contributed by atoms with Gasteiger partial charge in [-0.15, -0.1) is 0 Å². The zero-order valence-corrected chi connectivity index (χ0v) is 19.0. The number of nitro benzene ring substituents is 2. The van der Waals surface area contributed by atoms with Crippen LogP contribution in [-0.4, -0.2) is 31.0 Å². The van der Waals surface area contributed by atoms with Gasteiger partial charge in [-0.2, -0.15) is 26.3 Å². The van der Waals surface area contributed by atoms with Gasteiger partial charge in [-0.3, -0.25) is 24.8 Å². The van der Waals surface area contributed by atoms with E-state index in [0.29, 0.717) is 24.3 Å². The summed E-state index contributed by atoms with van der Waals surface area (Å²) < 4.78 is 90.1. The fourth-order valence-corrected chi connectivity index (χ4v) is 3.87. The molecule has 0 saturated heterocycles. The van der Waals surface area contributed by atoms with Gasteiger partial charge in [-0.05, 0) is 38.1 Å². The van der Waals surface area contributed by atoms with Crippen LogP contribution in [0.3, 0.4) is 0 Å². The summed E-state index contributed by atoms with van der Waals surface area (Å²) in [5, 5.41) is 27.4. The minimum atomic E-state index is -5.13. The van der Waals surface area contributed by atoms with Crippen LogP contribution >= 0.6 is 7.60 Å². The summed E-state index contributed by atoms with van der Waals surface area (Å²) in [5.41, 5.74) is -10.6. The molecule has 0 fully saturated rings. The van der Waals surface area contributed by atoms with E-state index in [1.54, 1.807) is 0 Å². The molecule has 2 aromatic rings. The van der Waals surface area contributed by atoms with E-state index >= 15 is 0 Å². The van der Waals surface area contributed by atoms with E-state index in [0.717, 1.165) is 13.8 Å². The smallest absolute Gasteiger partial charge is 0.357 e. The minimum Gasteiger partial charge on any atom is -0.357 e. The number of anilines is 2. The third kappa shape index (κ3) is 6.41. The predicted molar refractivity (Wildman–Crippen MR) is 113 cm³/mol. The Kier molecular flexibility index (Phi) is 7.64. The van der Waals surface area contributed by atoms with Crippen molar-refractivity contribution in [3.8, 4) is 0 Å². The van der Waals surface area contributed by atoms with Crippen molar-refractivity contribution in [3.05, 3.63) is 67.8 Å². The third-order valence-electron chi connectivity index (χ3n) is 5.17. The highest BCUT2D eigenvalue weighted by atomic mass is 31.2. The normalized spacial score (nSPS) is 13.7. The Labute approximate surface area is 197 Å². The van der Waals surface area contributed by atoms with Gasteiger partial charge in [0.1, 0.15) is 17.0 Å². The maximum absolute atomic E-state index is 13.0. The summed E-state index contributed by atoms with van der Waals surface area (Å²) in [7, 11) is -5.13. The first-order valence-corrected chi connectivity index (χ1v) is 11.2. The van der Waals surface area contributed by atoms with Crippen molar-refractivity contribution in [1.82, 2.24) is 0 Å². The Morgan fingerprint density at radius 1 is 0.833 bits per heavy atom. The van der Waals surface area contributed by atoms with Gasteiger partial charge in [0, 0.05) is 12.1 Å². The first-order valence-electron chi connectivity index (χ1n) is 9.49. The van der Waals surface area contributed by atoms with E-state index in [-0.39, 0.29) is 12.1 Å². The van der Waals surface area contributed by atoms with Crippen LogP contribution in [0.15, 0.2) is 36.4 Å². The lowest BCUT2D eigenvalue weighted by molar-refractivity contribution is -0.384. The maximum Gasteiger partial charge on any atom is 0.416 e. The second-order valence-electron chi connectivity index (χ2n) is 7.69. The molecule has 0 amide bonds. The zero-order chi connectivity index (χ0) is 27.9. The first kappa shape index (κ1) is 28.8. The summed E-state index contributed by atoms with van der Waals surface area (Å²) in [6.07, 6.45) is -9.93. The van der Waals surface area contributed by atoms with Gasteiger partial charge < -0.3 is 20.4 Å². The topological polar surface area (TPSA) is 168 Å². The van der Waals surface area contributed by atoms with Crippen LogP contribution in [0.25, 0.3) is 0 Å². The Morgan fingerprint density at radius 2 is 1.17 bits per heavy atom. The van der Waals surface area contributed by atoms with E-state index in [1.807, 2.05) is 0 Å². The summed E-state index contributed by atoms with van der Waals surface area (Å²) in [6, 6.07) is 2.41. The van der Waals surface area contributed by atoms with Gasteiger partial charge in [0.2, 0.25) is 0 Å². The molecule has 1 unspecified atom stereocenters. The molecule has 11 nitrogen and oxygen atoms in total. The summed E-state index contributed by atoms with van der Waals surface area (Å²) in [4.78, 5) is 39.8. The predicted octanol–water partition coefficient (Wildman–Crippen LogP) is 5.35. The van der Waals surface area contributed by atoms with Crippen molar-refractivity contribution >= 4 is 30.3 Å². The molecule has 0 spiro atoms. The molecule has 4 N–H and O–H groups in total. The number of hydrogen-bond donors (Lipinski definition) is 4. The fraction of sp³-hybridized carbons (Fsp3) is 0.333. The third-order valence-corrected chi connectivity index (χ3v) is 6.70. The molecule has 0 aliphatic rings. The molecule has 0 aliphatic heterocycles. The van der Waals surface area contributed by atoms with Gasteiger partial charge >= 0.3 is 19.9 Å². The number of hydrogen-bond acceptors (Lipinski definition) is 7. The SMILES string of the molecule is CC(C(C)(Nc1ccc(C(F)(F)F)cc1[N+](=O)[O-])Nc1ccc(C(F)(F)F)cc1[N+](=O)[O-])P(=O)(O)O. The molecule has 18 heteroatoms. The Morgan fingerprint density at radius 3 is 1.42 bits per heavy atom. The molecule has 0 aromatic heterocycles. The number of nitrogens with zero attached hydrogens (tertiary/aromatic N) is 2. The lowest BCUT2D eigenvalue weighted by atomic mass is 10.0. The van der Waals surface area contributed by atoms with Crippen LogP contribution in [0.4, 0.5) is 49.1 Å². The Bertz CT molecular complexity index is 1150. The molecule has 0 heterocycles. The molecular formula is C18H17F6N4O7P. The number of benzene rings is 2. The van der Waals surface area contributed by atoms with Crippen LogP contribution < -0.4 is 10.6 Å². The van der Waals surface area contributed by atoms with Gasteiger partial charge in [0.25, 0.3) is 11.4 Å². The van der Waals surface area contributed by atoms with E-state index in [4.69, 9.17) is 0 Å². The molecule has 2 aromatic carbocycles. The molecule has 1 atom stereocenters. The zero-order valence-electron chi connectivity index (χ0n) is 18.1. The first-order chi connectivity index (χ1) is 16.2. The largest absolute Gasteiger partial charge is 0.416 e. The van der Waals surface area contributed by atoms with E-state index in [9.17, 15) is 60.9 Å². The molecule has 0 saturated carbocycles. The monoisotopic (exact) mass is 546 g/mol. The van der Waals surface area contributed by atoms with Crippen molar-refractivity contribution < 1.29 is 50.5 Å². The Hall–Kier alpha value is -3.43. The fourth-order valence-electron chi connectivity index (χ4n) is 3.07. The highest BCUT2D eigenvalue weighted by Gasteiger charge is 2.45. The minimum absolute atomic E-state index is 0.158. The standard InChI is InChI=1S/C18H17F6N4O7P/c1-9(36(33,34)35)16(2,25-12-5-3-10(17(19,20)21)7-14(12)27(29)30)26-13-6-4-11(18(22,23)24)8-15(13)28(31)32/h3-9,25-26H,1-2H3,(H2,33,34,35). The highest BCUT2D eigenvalue weighted by molar-refractivity contribution is 7.52. The second-order valence-corrected chi connectivity index (χ2v) is 9.64. The molecule has 0 aliphatic carbocycles. The molecule has 0 radical (unpaired) electrons. The summed E-state index contributed by atoms with van der Waals surface area (Å²) >= 11 is 0. The average molecular weight is 546 g/mol. The van der Waals surface area contributed by atoms with Crippen LogP contribution in [0, 0.1) is 20.2 Å². The van der Waals surface area contributed by atoms with Crippen LogP contribution in [-0.2, 0) is 16.9 Å². The van der Waals surface area contributed by atoms with Crippen molar-refractivity contribution in [2.45, 2.75) is 37.5 Å². The number of halogens is 6. The molecule has 36 heavy (non-hydrogen) atoms. The number of nitro groups is 2. The second kappa shape index (κ2) is 9.55. The van der Waals surface area contributed by atoms with E-state index in [1.165, 1.54) is 0 Å². The van der Waals surface area contributed by atoms with Crippen molar-refractivity contribution in [2.75, 3.05) is 10.6 Å². The number of nitrogens with one attached hydrogen (secondary N) is 2. The molecule has 0 bridgehead atoms. The van der Waals surface area contributed by atoms with Gasteiger partial charge in [-0.1, -0.05) is 0 Å². The van der Waals surface area contributed by atoms with Gasteiger partial charge in [0.05, 0.1) is 26.6 Å². The summed E-state index contributed by atoms with van der Waals surface area (Å²) in [5.74, 6) is 0. The van der Waals surface area contributed by atoms with Crippen molar-refractivity contribution in [1.29, 1.82) is 0 Å². The van der Waals surface area contributed by atoms with Crippen molar-refractivity contribution in [3.63, 3.8) is 0 Å². The van der Waals surface area contributed by atoms with E-state index < -0.39 is 75.0 Å². The van der Waals surface area contributed by atoms with Crippen molar-refractivity contribution in [2.24, 2.45) is 0 Å². The van der Waals surface area contributed by atoms with Gasteiger partial charge in [-0.25, -0.2) is 0 Å². The highest BCUT2D eigenvalue weighted by Crippen LogP contribution is 2.49. The lowest BCUT2D eigenvalue weighted by Gasteiger charge is -2.38. The molecule has 2 rings (SSSR count). The number of alkyl halides is 6. The molecular weight excluding hydrogens is 529 g/mol. The molecule has 198 valence electrons. The van der Waals surface area contributed by atoms with Crippen LogP contribution in [0.2, 0.25) is 0 Å². The van der Waals surface area contributed by atoms with E-state index in [2.05, 4.69) is 10.6 Å². The Balaban J connectivity index is 2.68.